The van der Waals surface area contributed by atoms with Crippen LogP contribution in [0.5, 0.6) is 0 Å². The van der Waals surface area contributed by atoms with Gasteiger partial charge in [0, 0.05) is 20.8 Å². The Morgan fingerprint density at radius 1 is 1.25 bits per heavy atom. The molecule has 0 saturated carbocycles. The highest BCUT2D eigenvalue weighted by atomic mass is 127. The number of benzene rings is 2. The number of rotatable bonds is 3. The molecule has 0 radical (unpaired) electrons. The smallest absolute Gasteiger partial charge is 0.272 e. The summed E-state index contributed by atoms with van der Waals surface area (Å²) in [5.41, 5.74) is 1.59. The van der Waals surface area contributed by atoms with Gasteiger partial charge in [-0.2, -0.15) is 0 Å². The average molecular weight is 382 g/mol. The second-order valence-electron chi connectivity index (χ2n) is 4.19. The number of nitrogens with one attached hydrogen (secondary N) is 1. The van der Waals surface area contributed by atoms with Gasteiger partial charge in [-0.1, -0.05) is 12.1 Å². The van der Waals surface area contributed by atoms with Gasteiger partial charge in [0.2, 0.25) is 0 Å². The number of para-hydroxylation sites is 1. The number of amides is 1. The summed E-state index contributed by atoms with van der Waals surface area (Å²) in [4.78, 5) is 22.4. The summed E-state index contributed by atoms with van der Waals surface area (Å²) in [6.45, 7) is 1.61. The van der Waals surface area contributed by atoms with Crippen molar-refractivity contribution < 1.29 is 9.72 Å². The number of nitrogens with zero attached hydrogens (tertiary/aromatic N) is 1. The molecule has 5 nitrogen and oxygen atoms in total. The molecule has 2 aromatic carbocycles. The third kappa shape index (κ3) is 3.13. The molecule has 1 N–H and O–H groups in total. The molecule has 1 amide bonds. The van der Waals surface area contributed by atoms with E-state index in [2.05, 4.69) is 27.9 Å². The normalized spacial score (nSPS) is 10.1. The zero-order chi connectivity index (χ0) is 14.7. The predicted octanol–water partition coefficient (Wildman–Crippen LogP) is 3.76. The molecule has 20 heavy (non-hydrogen) atoms. The van der Waals surface area contributed by atoms with E-state index in [1.54, 1.807) is 13.0 Å². The number of halogens is 1. The van der Waals surface area contributed by atoms with Gasteiger partial charge in [0.1, 0.15) is 0 Å². The van der Waals surface area contributed by atoms with E-state index in [9.17, 15) is 14.9 Å². The van der Waals surface area contributed by atoms with Gasteiger partial charge in [-0.3, -0.25) is 14.9 Å². The topological polar surface area (TPSA) is 72.2 Å². The van der Waals surface area contributed by atoms with Gasteiger partial charge in [0.05, 0.1) is 10.6 Å². The molecule has 102 valence electrons. The summed E-state index contributed by atoms with van der Waals surface area (Å²) in [6.07, 6.45) is 0. The summed E-state index contributed by atoms with van der Waals surface area (Å²) < 4.78 is 0.928. The molecule has 0 spiro atoms. The molecule has 0 aliphatic rings. The lowest BCUT2D eigenvalue weighted by Gasteiger charge is -2.07. The molecule has 0 aromatic heterocycles. The highest BCUT2D eigenvalue weighted by Gasteiger charge is 2.14. The van der Waals surface area contributed by atoms with Crippen molar-refractivity contribution in [3.63, 3.8) is 0 Å². The highest BCUT2D eigenvalue weighted by Crippen LogP contribution is 2.21. The van der Waals surface area contributed by atoms with Crippen molar-refractivity contribution in [1.29, 1.82) is 0 Å². The second-order valence-corrected chi connectivity index (χ2v) is 5.35. The van der Waals surface area contributed by atoms with Gasteiger partial charge < -0.3 is 5.32 Å². The number of nitro benzene ring substituents is 1. The maximum Gasteiger partial charge on any atom is 0.272 e. The monoisotopic (exact) mass is 382 g/mol. The maximum absolute atomic E-state index is 12.1. The summed E-state index contributed by atoms with van der Waals surface area (Å²) in [5.74, 6) is -0.285. The fraction of sp³-hybridized carbons (Fsp3) is 0.0714. The van der Waals surface area contributed by atoms with Gasteiger partial charge in [-0.15, -0.1) is 0 Å². The number of carbonyl (C=O) groups excluding carboxylic acids is 1. The minimum Gasteiger partial charge on any atom is -0.321 e. The van der Waals surface area contributed by atoms with Crippen molar-refractivity contribution >= 4 is 39.9 Å². The van der Waals surface area contributed by atoms with Crippen LogP contribution in [0.1, 0.15) is 15.9 Å². The first-order chi connectivity index (χ1) is 9.49. The largest absolute Gasteiger partial charge is 0.321 e. The first-order valence-electron chi connectivity index (χ1n) is 5.80. The highest BCUT2D eigenvalue weighted by molar-refractivity contribution is 14.1. The van der Waals surface area contributed by atoms with Crippen molar-refractivity contribution in [2.45, 2.75) is 6.92 Å². The van der Waals surface area contributed by atoms with E-state index in [1.165, 1.54) is 18.2 Å². The molecule has 0 aliphatic heterocycles. The van der Waals surface area contributed by atoms with Gasteiger partial charge in [-0.25, -0.2) is 0 Å². The molecule has 2 rings (SSSR count). The fourth-order valence-corrected chi connectivity index (χ4v) is 2.28. The molecule has 0 atom stereocenters. The molecule has 0 aliphatic carbocycles. The van der Waals surface area contributed by atoms with Crippen LogP contribution in [0.2, 0.25) is 0 Å². The van der Waals surface area contributed by atoms with Crippen molar-refractivity contribution in [2.24, 2.45) is 0 Å². The summed E-state index contributed by atoms with van der Waals surface area (Å²) in [5, 5.41) is 13.5. The molecule has 0 heterocycles. The summed E-state index contributed by atoms with van der Waals surface area (Å²) >= 11 is 2.13. The van der Waals surface area contributed by atoms with E-state index < -0.39 is 4.92 Å². The maximum atomic E-state index is 12.1. The molecule has 0 unspecified atom stereocenters. The van der Waals surface area contributed by atoms with E-state index in [1.807, 2.05) is 18.2 Å². The zero-order valence-corrected chi connectivity index (χ0v) is 12.7. The van der Waals surface area contributed by atoms with E-state index in [0.717, 1.165) is 3.57 Å². The summed E-state index contributed by atoms with van der Waals surface area (Å²) in [7, 11) is 0. The van der Waals surface area contributed by atoms with E-state index in [4.69, 9.17) is 0 Å². The Kier molecular flexibility index (Phi) is 4.33. The Labute approximate surface area is 129 Å². The number of nitro groups is 1. The van der Waals surface area contributed by atoms with Crippen molar-refractivity contribution in [2.75, 3.05) is 5.32 Å². The number of hydrogen-bond acceptors (Lipinski definition) is 3. The Balaban J connectivity index is 2.24. The van der Waals surface area contributed by atoms with Crippen LogP contribution in [-0.2, 0) is 0 Å². The van der Waals surface area contributed by atoms with Crippen LogP contribution in [0.25, 0.3) is 0 Å². The molecular weight excluding hydrogens is 371 g/mol. The quantitative estimate of drug-likeness (QED) is 0.499. The minimum atomic E-state index is -0.461. The van der Waals surface area contributed by atoms with Gasteiger partial charge in [0.25, 0.3) is 11.6 Å². The SMILES string of the molecule is Cc1cc(C(=O)Nc2ccccc2I)ccc1[N+](=O)[O-]. The summed E-state index contributed by atoms with van der Waals surface area (Å²) in [6, 6.07) is 11.7. The number of carbonyl (C=O) groups is 1. The number of hydrogen-bond donors (Lipinski definition) is 1. The first kappa shape index (κ1) is 14.4. The lowest BCUT2D eigenvalue weighted by atomic mass is 10.1. The van der Waals surface area contributed by atoms with Crippen molar-refractivity contribution in [3.05, 3.63) is 67.3 Å². The fourth-order valence-electron chi connectivity index (χ4n) is 1.76. The molecule has 0 bridgehead atoms. The lowest BCUT2D eigenvalue weighted by Crippen LogP contribution is -2.13. The molecule has 2 aromatic rings. The van der Waals surface area contributed by atoms with E-state index in [0.29, 0.717) is 16.8 Å². The standard InChI is InChI=1S/C14H11IN2O3/c1-9-8-10(6-7-13(9)17(19)20)14(18)16-12-5-3-2-4-11(12)15/h2-8H,1H3,(H,16,18). The third-order valence-electron chi connectivity index (χ3n) is 2.78. The third-order valence-corrected chi connectivity index (χ3v) is 3.72. The van der Waals surface area contributed by atoms with Crippen LogP contribution >= 0.6 is 22.6 Å². The Morgan fingerprint density at radius 2 is 1.95 bits per heavy atom. The predicted molar refractivity (Wildman–Crippen MR) is 84.9 cm³/mol. The van der Waals surface area contributed by atoms with Crippen LogP contribution in [0.4, 0.5) is 11.4 Å². The Bertz CT molecular complexity index is 686. The molecular formula is C14H11IN2O3. The second kappa shape index (κ2) is 6.00. The van der Waals surface area contributed by atoms with Crippen molar-refractivity contribution in [1.82, 2.24) is 0 Å². The van der Waals surface area contributed by atoms with Crippen LogP contribution in [0.3, 0.4) is 0 Å². The number of aryl methyl sites for hydroxylation is 1. The van der Waals surface area contributed by atoms with E-state index in [-0.39, 0.29) is 11.6 Å². The van der Waals surface area contributed by atoms with Crippen molar-refractivity contribution in [3.8, 4) is 0 Å². The molecule has 6 heteroatoms. The zero-order valence-electron chi connectivity index (χ0n) is 10.6. The first-order valence-corrected chi connectivity index (χ1v) is 6.88. The number of anilines is 1. The van der Waals surface area contributed by atoms with Crippen LogP contribution < -0.4 is 5.32 Å². The van der Waals surface area contributed by atoms with E-state index >= 15 is 0 Å². The van der Waals surface area contributed by atoms with Crippen LogP contribution in [0.15, 0.2) is 42.5 Å². The van der Waals surface area contributed by atoms with Gasteiger partial charge >= 0.3 is 0 Å². The Hall–Kier alpha value is -1.96. The average Bonchev–Trinajstić information content (AvgIpc) is 2.40. The minimum absolute atomic E-state index is 0.0100. The van der Waals surface area contributed by atoms with Gasteiger partial charge in [0.15, 0.2) is 0 Å². The molecule has 0 saturated heterocycles. The molecule has 0 fully saturated rings. The lowest BCUT2D eigenvalue weighted by molar-refractivity contribution is -0.385. The Morgan fingerprint density at radius 3 is 2.55 bits per heavy atom. The van der Waals surface area contributed by atoms with Crippen LogP contribution in [-0.4, -0.2) is 10.8 Å². The van der Waals surface area contributed by atoms with Crippen LogP contribution in [0, 0.1) is 20.6 Å². The van der Waals surface area contributed by atoms with Gasteiger partial charge in [-0.05, 0) is 53.8 Å².